The van der Waals surface area contributed by atoms with Gasteiger partial charge in [0, 0.05) is 20.0 Å². The smallest absolute Gasteiger partial charge is 0.190 e. The largest absolute Gasteiger partial charge is 0.335 e. The Hall–Kier alpha value is -1.30. The van der Waals surface area contributed by atoms with E-state index in [1.165, 1.54) is 42.8 Å². The summed E-state index contributed by atoms with van der Waals surface area (Å²) in [6.45, 7) is 8.11. The molecular weight excluding hydrogens is 204 g/mol. The maximum absolute atomic E-state index is 7.48. The van der Waals surface area contributed by atoms with Crippen molar-refractivity contribution in [1.82, 2.24) is 5.32 Å². The first-order valence-corrected chi connectivity index (χ1v) is 5.51. The molecule has 0 aliphatic carbocycles. The molecule has 5 heteroatoms. The van der Waals surface area contributed by atoms with Crippen molar-refractivity contribution in [3.63, 3.8) is 0 Å². The summed E-state index contributed by atoms with van der Waals surface area (Å²) in [5.41, 5.74) is 0. The van der Waals surface area contributed by atoms with Gasteiger partial charge in [0.15, 0.2) is 19.1 Å². The topological polar surface area (TPSA) is 68.8 Å². The summed E-state index contributed by atoms with van der Waals surface area (Å²) in [7, 11) is 1.81. The van der Waals surface area contributed by atoms with Gasteiger partial charge < -0.3 is 4.74 Å². The molecule has 0 bridgehead atoms. The van der Waals surface area contributed by atoms with E-state index < -0.39 is 0 Å². The van der Waals surface area contributed by atoms with Crippen molar-refractivity contribution in [1.29, 1.82) is 10.5 Å². The van der Waals surface area contributed by atoms with Crippen molar-refractivity contribution in [2.45, 2.75) is 32.7 Å². The third-order valence-electron chi connectivity index (χ3n) is 3.05. The minimum atomic E-state index is 0.720. The molecule has 0 spiro atoms. The molecule has 0 aromatic rings. The van der Waals surface area contributed by atoms with Gasteiger partial charge in [0.2, 0.25) is 0 Å². The summed E-state index contributed by atoms with van der Waals surface area (Å²) in [6, 6.07) is 0.720. The molecule has 0 saturated carbocycles. The third-order valence-corrected chi connectivity index (χ3v) is 3.05. The van der Waals surface area contributed by atoms with Crippen LogP contribution >= 0.6 is 0 Å². The highest BCUT2D eigenvalue weighted by atomic mass is 16.5. The first-order valence-electron chi connectivity index (χ1n) is 5.51. The first kappa shape index (κ1) is 14.7. The lowest BCUT2D eigenvalue weighted by Gasteiger charge is -2.37. The normalized spacial score (nSPS) is 16.9. The fourth-order valence-corrected chi connectivity index (χ4v) is 2.04. The SMILES string of the molecule is COC[N+]1(C(C)C)CCCC1.N#CNC#N. The van der Waals surface area contributed by atoms with Crippen LogP contribution in [0.3, 0.4) is 0 Å². The molecule has 0 amide bonds. The van der Waals surface area contributed by atoms with E-state index in [0.717, 1.165) is 12.8 Å². The van der Waals surface area contributed by atoms with Crippen LogP contribution in [0.5, 0.6) is 0 Å². The minimum absolute atomic E-state index is 0.720. The summed E-state index contributed by atoms with van der Waals surface area (Å²) >= 11 is 0. The van der Waals surface area contributed by atoms with Crippen molar-refractivity contribution < 1.29 is 9.22 Å². The lowest BCUT2D eigenvalue weighted by Crippen LogP contribution is -2.51. The van der Waals surface area contributed by atoms with E-state index in [-0.39, 0.29) is 0 Å². The van der Waals surface area contributed by atoms with Crippen LogP contribution in [0.2, 0.25) is 0 Å². The molecule has 1 heterocycles. The van der Waals surface area contributed by atoms with Crippen molar-refractivity contribution in [3.8, 4) is 12.4 Å². The van der Waals surface area contributed by atoms with Crippen LogP contribution in [0.15, 0.2) is 0 Å². The van der Waals surface area contributed by atoms with Crippen molar-refractivity contribution >= 4 is 0 Å². The zero-order valence-electron chi connectivity index (χ0n) is 10.4. The average molecular weight is 225 g/mol. The van der Waals surface area contributed by atoms with Crippen LogP contribution in [0.1, 0.15) is 26.7 Å². The standard InChI is InChI=1S/C9H20NO.C2HN3/c1-9(2)10(8-11-3)6-4-5-7-10;3-1-5-2-4/h9H,4-8H2,1-3H3;5H/q+1;. The molecule has 0 unspecified atom stereocenters. The fraction of sp³-hybridized carbons (Fsp3) is 0.818. The summed E-state index contributed by atoms with van der Waals surface area (Å²) in [6.07, 6.45) is 5.57. The Balaban J connectivity index is 0.000000385. The van der Waals surface area contributed by atoms with Gasteiger partial charge >= 0.3 is 0 Å². The molecule has 1 rings (SSSR count). The summed E-state index contributed by atoms with van der Waals surface area (Å²) in [5.74, 6) is 0. The number of nitrogens with one attached hydrogen (secondary N) is 1. The van der Waals surface area contributed by atoms with Gasteiger partial charge in [0.25, 0.3) is 0 Å². The van der Waals surface area contributed by atoms with Crippen LogP contribution in [0, 0.1) is 22.9 Å². The van der Waals surface area contributed by atoms with Crippen molar-refractivity contribution in [2.24, 2.45) is 0 Å². The van der Waals surface area contributed by atoms with Crippen molar-refractivity contribution in [3.05, 3.63) is 0 Å². The first-order chi connectivity index (χ1) is 7.63. The fourth-order valence-electron chi connectivity index (χ4n) is 2.04. The molecule has 0 radical (unpaired) electrons. The quantitative estimate of drug-likeness (QED) is 0.444. The van der Waals surface area contributed by atoms with E-state index in [1.54, 1.807) is 12.4 Å². The zero-order chi connectivity index (χ0) is 12.4. The van der Waals surface area contributed by atoms with E-state index in [1.807, 2.05) is 0 Å². The Bertz CT molecular complexity index is 246. The molecule has 0 aromatic heterocycles. The second-order valence-electron chi connectivity index (χ2n) is 4.23. The van der Waals surface area contributed by atoms with Crippen LogP contribution in [-0.4, -0.2) is 37.5 Å². The molecule has 5 nitrogen and oxygen atoms in total. The second-order valence-corrected chi connectivity index (χ2v) is 4.23. The van der Waals surface area contributed by atoms with E-state index >= 15 is 0 Å². The Kier molecular flexibility index (Phi) is 7.28. The minimum Gasteiger partial charge on any atom is -0.335 e. The number of likely N-dealkylation sites (tertiary alicyclic amines) is 1. The molecule has 1 saturated heterocycles. The van der Waals surface area contributed by atoms with E-state index in [4.69, 9.17) is 15.3 Å². The van der Waals surface area contributed by atoms with E-state index in [0.29, 0.717) is 0 Å². The Morgan fingerprint density at radius 3 is 2.00 bits per heavy atom. The Labute approximate surface area is 97.8 Å². The van der Waals surface area contributed by atoms with Crippen LogP contribution in [0.25, 0.3) is 0 Å². The van der Waals surface area contributed by atoms with Crippen LogP contribution in [-0.2, 0) is 4.74 Å². The van der Waals surface area contributed by atoms with E-state index in [9.17, 15) is 0 Å². The van der Waals surface area contributed by atoms with Crippen molar-refractivity contribution in [2.75, 3.05) is 26.9 Å². The Morgan fingerprint density at radius 1 is 1.25 bits per heavy atom. The average Bonchev–Trinajstić information content (AvgIpc) is 2.70. The molecule has 0 aromatic carbocycles. The van der Waals surface area contributed by atoms with Gasteiger partial charge in [0.1, 0.15) is 0 Å². The number of quaternary nitrogens is 1. The molecule has 1 aliphatic heterocycles. The number of hydrogen-bond donors (Lipinski definition) is 1. The number of nitriles is 2. The number of rotatable bonds is 3. The maximum atomic E-state index is 7.48. The number of nitrogens with zero attached hydrogens (tertiary/aromatic N) is 3. The lowest BCUT2D eigenvalue weighted by molar-refractivity contribution is -0.953. The predicted octanol–water partition coefficient (Wildman–Crippen LogP) is 1.15. The summed E-state index contributed by atoms with van der Waals surface area (Å²) in [5, 5.41) is 16.7. The van der Waals surface area contributed by atoms with Gasteiger partial charge in [0.05, 0.1) is 19.1 Å². The zero-order valence-corrected chi connectivity index (χ0v) is 10.4. The van der Waals surface area contributed by atoms with Crippen LogP contribution in [0.4, 0.5) is 0 Å². The highest BCUT2D eigenvalue weighted by Crippen LogP contribution is 2.22. The molecule has 16 heavy (non-hydrogen) atoms. The molecule has 1 aliphatic rings. The highest BCUT2D eigenvalue weighted by molar-refractivity contribution is 4.77. The maximum Gasteiger partial charge on any atom is 0.190 e. The predicted molar refractivity (Wildman–Crippen MR) is 60.6 cm³/mol. The molecule has 1 N–H and O–H groups in total. The third kappa shape index (κ3) is 4.48. The summed E-state index contributed by atoms with van der Waals surface area (Å²) < 4.78 is 6.44. The van der Waals surface area contributed by atoms with Gasteiger partial charge in [-0.3, -0.25) is 4.48 Å². The summed E-state index contributed by atoms with van der Waals surface area (Å²) in [4.78, 5) is 0. The number of methoxy groups -OCH3 is 1. The molecular formula is C11H21N4O+. The van der Waals surface area contributed by atoms with Gasteiger partial charge in [-0.2, -0.15) is 10.5 Å². The van der Waals surface area contributed by atoms with E-state index in [2.05, 4.69) is 13.8 Å². The number of ether oxygens (including phenoxy) is 1. The molecule has 90 valence electrons. The molecule has 0 atom stereocenters. The molecule has 1 fully saturated rings. The lowest BCUT2D eigenvalue weighted by atomic mass is 10.3. The van der Waals surface area contributed by atoms with Gasteiger partial charge in [-0.05, 0) is 13.8 Å². The van der Waals surface area contributed by atoms with Gasteiger partial charge in [-0.1, -0.05) is 0 Å². The van der Waals surface area contributed by atoms with Gasteiger partial charge in [-0.15, -0.1) is 0 Å². The monoisotopic (exact) mass is 225 g/mol. The van der Waals surface area contributed by atoms with Gasteiger partial charge in [-0.25, -0.2) is 5.32 Å². The Morgan fingerprint density at radius 2 is 1.75 bits per heavy atom. The highest BCUT2D eigenvalue weighted by Gasteiger charge is 2.34. The second kappa shape index (κ2) is 7.92. The van der Waals surface area contributed by atoms with Crippen LogP contribution < -0.4 is 5.32 Å². The number of hydrogen-bond acceptors (Lipinski definition) is 4.